The van der Waals surface area contributed by atoms with Gasteiger partial charge in [-0.2, -0.15) is 0 Å². The molecule has 19 heavy (non-hydrogen) atoms. The van der Waals surface area contributed by atoms with E-state index in [1.54, 1.807) is 0 Å². The zero-order chi connectivity index (χ0) is 13.8. The predicted molar refractivity (Wildman–Crippen MR) is 83.1 cm³/mol. The first kappa shape index (κ1) is 15.3. The van der Waals surface area contributed by atoms with Crippen LogP contribution in [0, 0.1) is 0 Å². The highest BCUT2D eigenvalue weighted by Crippen LogP contribution is 2.24. The van der Waals surface area contributed by atoms with Crippen molar-refractivity contribution in [3.8, 4) is 0 Å². The van der Waals surface area contributed by atoms with E-state index >= 15 is 0 Å². The fraction of sp³-hybridized carbons (Fsp3) is 1.00. The minimum Gasteiger partial charge on any atom is -0.326 e. The number of rotatable bonds is 5. The highest BCUT2D eigenvalue weighted by molar-refractivity contribution is 4.60. The van der Waals surface area contributed by atoms with Crippen molar-refractivity contribution >= 4 is 0 Å². The summed E-state index contributed by atoms with van der Waals surface area (Å²) in [6.45, 7) is 9.63. The molecular formula is C17H36N2+2. The average Bonchev–Trinajstić information content (AvgIpc) is 2.40. The van der Waals surface area contributed by atoms with E-state index in [1.807, 2.05) is 0 Å². The molecule has 0 aliphatic carbocycles. The molecule has 2 saturated heterocycles. The molecule has 0 aromatic heterocycles. The van der Waals surface area contributed by atoms with Crippen molar-refractivity contribution in [3.63, 3.8) is 0 Å². The largest absolute Gasteiger partial charge is 0.326 e. The zero-order valence-electron chi connectivity index (χ0n) is 13.7. The van der Waals surface area contributed by atoms with Crippen LogP contribution in [-0.4, -0.2) is 61.8 Å². The first-order valence-electron chi connectivity index (χ1n) is 8.72. The van der Waals surface area contributed by atoms with Crippen LogP contribution in [0.1, 0.15) is 58.3 Å². The van der Waals surface area contributed by atoms with Gasteiger partial charge in [-0.1, -0.05) is 0 Å². The molecule has 2 heteroatoms. The summed E-state index contributed by atoms with van der Waals surface area (Å²) in [5, 5.41) is 0. The molecule has 2 aliphatic rings. The molecule has 0 spiro atoms. The van der Waals surface area contributed by atoms with Crippen molar-refractivity contribution in [1.29, 1.82) is 0 Å². The van der Waals surface area contributed by atoms with Gasteiger partial charge in [0.05, 0.1) is 52.9 Å². The smallest absolute Gasteiger partial charge is 0.0861 e. The average molecular weight is 268 g/mol. The van der Waals surface area contributed by atoms with Gasteiger partial charge in [0.1, 0.15) is 0 Å². The molecule has 0 bridgehead atoms. The summed E-state index contributed by atoms with van der Waals surface area (Å²) in [4.78, 5) is 0. The van der Waals surface area contributed by atoms with Crippen LogP contribution in [0.4, 0.5) is 0 Å². The van der Waals surface area contributed by atoms with Crippen LogP contribution >= 0.6 is 0 Å². The van der Waals surface area contributed by atoms with Gasteiger partial charge < -0.3 is 8.97 Å². The predicted octanol–water partition coefficient (Wildman–Crippen LogP) is 3.42. The van der Waals surface area contributed by atoms with Crippen LogP contribution in [-0.2, 0) is 0 Å². The van der Waals surface area contributed by atoms with Crippen molar-refractivity contribution in [1.82, 2.24) is 0 Å². The molecule has 0 N–H and O–H groups in total. The summed E-state index contributed by atoms with van der Waals surface area (Å²) >= 11 is 0. The molecule has 112 valence electrons. The molecule has 2 nitrogen and oxygen atoms in total. The van der Waals surface area contributed by atoms with Crippen molar-refractivity contribution in [2.24, 2.45) is 0 Å². The van der Waals surface area contributed by atoms with Gasteiger partial charge in [0.25, 0.3) is 0 Å². The molecule has 2 heterocycles. The Bertz CT molecular complexity index is 262. The van der Waals surface area contributed by atoms with E-state index in [4.69, 9.17) is 0 Å². The van der Waals surface area contributed by atoms with Gasteiger partial charge in [0.15, 0.2) is 0 Å². The summed E-state index contributed by atoms with van der Waals surface area (Å²) < 4.78 is 2.71. The number of quaternary nitrogens is 2. The number of hydrogen-bond donors (Lipinski definition) is 0. The molecule has 2 rings (SSSR count). The molecular weight excluding hydrogens is 232 g/mol. The van der Waals surface area contributed by atoms with Gasteiger partial charge in [0, 0.05) is 12.8 Å². The summed E-state index contributed by atoms with van der Waals surface area (Å²) in [5.41, 5.74) is 0. The lowest BCUT2D eigenvalue weighted by atomic mass is 10.0. The van der Waals surface area contributed by atoms with E-state index < -0.39 is 0 Å². The second-order valence-electron chi connectivity index (χ2n) is 7.83. The second kappa shape index (κ2) is 6.58. The fourth-order valence-electron chi connectivity index (χ4n) is 4.25. The van der Waals surface area contributed by atoms with Crippen LogP contribution in [0.2, 0.25) is 0 Å². The minimum atomic E-state index is 0.872. The van der Waals surface area contributed by atoms with Gasteiger partial charge in [-0.3, -0.25) is 0 Å². The van der Waals surface area contributed by atoms with Crippen molar-refractivity contribution in [2.75, 3.05) is 46.8 Å². The Morgan fingerprint density at radius 3 is 1.89 bits per heavy atom. The lowest BCUT2D eigenvalue weighted by Crippen LogP contribution is -2.54. The molecule has 1 unspecified atom stereocenters. The third-order valence-corrected chi connectivity index (χ3v) is 6.12. The molecule has 0 saturated carbocycles. The lowest BCUT2D eigenvalue weighted by Gasteiger charge is -2.43. The first-order chi connectivity index (χ1) is 9.04. The van der Waals surface area contributed by atoms with Gasteiger partial charge in [-0.25, -0.2) is 0 Å². The Morgan fingerprint density at radius 1 is 0.789 bits per heavy atom. The van der Waals surface area contributed by atoms with Crippen molar-refractivity contribution in [3.05, 3.63) is 0 Å². The second-order valence-corrected chi connectivity index (χ2v) is 7.83. The Kier molecular flexibility index (Phi) is 5.30. The number of nitrogens with zero attached hydrogens (tertiary/aromatic N) is 2. The normalized spacial score (nSPS) is 27.9. The third kappa shape index (κ3) is 4.19. The Balaban J connectivity index is 1.72. The van der Waals surface area contributed by atoms with Crippen LogP contribution in [0.15, 0.2) is 0 Å². The van der Waals surface area contributed by atoms with Crippen molar-refractivity contribution < 1.29 is 8.97 Å². The van der Waals surface area contributed by atoms with Crippen LogP contribution < -0.4 is 0 Å². The molecule has 1 atom stereocenters. The maximum absolute atomic E-state index is 2.50. The maximum Gasteiger partial charge on any atom is 0.0861 e. The van der Waals surface area contributed by atoms with E-state index in [-0.39, 0.29) is 0 Å². The van der Waals surface area contributed by atoms with Crippen LogP contribution in [0.25, 0.3) is 0 Å². The van der Waals surface area contributed by atoms with Crippen molar-refractivity contribution in [2.45, 2.75) is 64.3 Å². The number of hydrogen-bond acceptors (Lipinski definition) is 0. The fourth-order valence-corrected chi connectivity index (χ4v) is 4.25. The highest BCUT2D eigenvalue weighted by Gasteiger charge is 2.31. The molecule has 0 aromatic rings. The Labute approximate surface area is 121 Å². The van der Waals surface area contributed by atoms with E-state index in [0.717, 1.165) is 6.04 Å². The van der Waals surface area contributed by atoms with E-state index in [9.17, 15) is 0 Å². The van der Waals surface area contributed by atoms with E-state index in [0.29, 0.717) is 0 Å². The SMILES string of the molecule is CC(CCC[N+]1(C)CCCCC1)[N+]1(C)CCCCC1. The van der Waals surface area contributed by atoms with Gasteiger partial charge in [-0.05, 0) is 45.4 Å². The molecule has 2 fully saturated rings. The number of likely N-dealkylation sites (tertiary alicyclic amines) is 2. The van der Waals surface area contributed by atoms with Gasteiger partial charge in [-0.15, -0.1) is 0 Å². The van der Waals surface area contributed by atoms with Crippen LogP contribution in [0.5, 0.6) is 0 Å². The first-order valence-corrected chi connectivity index (χ1v) is 8.72. The van der Waals surface area contributed by atoms with Crippen LogP contribution in [0.3, 0.4) is 0 Å². The Hall–Kier alpha value is -0.0800. The standard InChI is InChI=1S/C17H36N2/c1-17(19(3)15-8-5-9-16-19)11-10-14-18(2)12-6-4-7-13-18/h17H,4-16H2,1-3H3/q+2. The maximum atomic E-state index is 2.50. The van der Waals surface area contributed by atoms with Gasteiger partial charge in [0.2, 0.25) is 0 Å². The number of piperidine rings is 2. The molecule has 2 aliphatic heterocycles. The Morgan fingerprint density at radius 2 is 1.32 bits per heavy atom. The summed E-state index contributed by atoms with van der Waals surface area (Å²) in [6, 6.07) is 0.872. The van der Waals surface area contributed by atoms with E-state index in [2.05, 4.69) is 21.0 Å². The highest BCUT2D eigenvalue weighted by atomic mass is 15.4. The molecule has 0 radical (unpaired) electrons. The summed E-state index contributed by atoms with van der Waals surface area (Å²) in [5.74, 6) is 0. The lowest BCUT2D eigenvalue weighted by molar-refractivity contribution is -0.937. The topological polar surface area (TPSA) is 0 Å². The van der Waals surface area contributed by atoms with E-state index in [1.165, 1.54) is 93.1 Å². The molecule has 0 aromatic carbocycles. The zero-order valence-corrected chi connectivity index (χ0v) is 13.7. The summed E-state index contributed by atoms with van der Waals surface area (Å²) in [7, 11) is 4.99. The monoisotopic (exact) mass is 268 g/mol. The summed E-state index contributed by atoms with van der Waals surface area (Å²) in [6.07, 6.45) is 11.6. The molecule has 0 amide bonds. The quantitative estimate of drug-likeness (QED) is 0.670. The van der Waals surface area contributed by atoms with Gasteiger partial charge >= 0.3 is 0 Å². The third-order valence-electron chi connectivity index (χ3n) is 6.12. The minimum absolute atomic E-state index is 0.872.